The van der Waals surface area contributed by atoms with E-state index in [0.717, 1.165) is 22.0 Å². The lowest BCUT2D eigenvalue weighted by molar-refractivity contribution is 0.169. The fourth-order valence-corrected chi connectivity index (χ4v) is 2.72. The number of fused-ring (bicyclic) bond motifs is 1. The maximum Gasteiger partial charge on any atom is 0.319 e. The van der Waals surface area contributed by atoms with Crippen molar-refractivity contribution in [1.82, 2.24) is 5.32 Å². The average molecular weight is 320 g/mol. The Morgan fingerprint density at radius 1 is 0.917 bits per heavy atom. The summed E-state index contributed by atoms with van der Waals surface area (Å²) in [6.07, 6.45) is -0.163. The third-order valence-corrected chi connectivity index (χ3v) is 3.92. The number of hydrogen-bond acceptors (Lipinski definition) is 2. The van der Waals surface area contributed by atoms with E-state index < -0.39 is 6.10 Å². The predicted octanol–water partition coefficient (Wildman–Crippen LogP) is 4.09. The highest BCUT2D eigenvalue weighted by atomic mass is 16.3. The highest BCUT2D eigenvalue weighted by Gasteiger charge is 2.11. The number of amides is 2. The Bertz CT molecular complexity index is 813. The first kappa shape index (κ1) is 16.0. The molecule has 1 atom stereocenters. The van der Waals surface area contributed by atoms with Crippen molar-refractivity contribution in [2.75, 3.05) is 11.9 Å². The van der Waals surface area contributed by atoms with E-state index >= 15 is 0 Å². The van der Waals surface area contributed by atoms with E-state index in [-0.39, 0.29) is 6.03 Å². The lowest BCUT2D eigenvalue weighted by Crippen LogP contribution is -2.30. The molecule has 3 rings (SSSR count). The molecular formula is C20H20N2O2. The first-order valence-corrected chi connectivity index (χ1v) is 7.99. The lowest BCUT2D eigenvalue weighted by Gasteiger charge is -2.14. The smallest absolute Gasteiger partial charge is 0.319 e. The monoisotopic (exact) mass is 320 g/mol. The molecule has 0 aliphatic rings. The number of para-hydroxylation sites is 1. The Morgan fingerprint density at radius 3 is 2.46 bits per heavy atom. The van der Waals surface area contributed by atoms with Gasteiger partial charge in [0.05, 0.1) is 6.10 Å². The highest BCUT2D eigenvalue weighted by molar-refractivity contribution is 5.89. The maximum absolute atomic E-state index is 11.8. The van der Waals surface area contributed by atoms with Crippen molar-refractivity contribution in [3.63, 3.8) is 0 Å². The van der Waals surface area contributed by atoms with Crippen LogP contribution in [-0.4, -0.2) is 17.7 Å². The predicted molar refractivity (Wildman–Crippen MR) is 97.0 cm³/mol. The first-order chi connectivity index (χ1) is 11.7. The summed E-state index contributed by atoms with van der Waals surface area (Å²) in [6, 6.07) is 22.9. The molecule has 24 heavy (non-hydrogen) atoms. The molecule has 0 aliphatic heterocycles. The molecule has 0 bridgehead atoms. The van der Waals surface area contributed by atoms with E-state index in [1.807, 2.05) is 72.8 Å². The van der Waals surface area contributed by atoms with E-state index in [9.17, 15) is 9.90 Å². The van der Waals surface area contributed by atoms with Crippen LogP contribution >= 0.6 is 0 Å². The SMILES string of the molecule is O=C(NCC[C@H](O)c1cccc2ccccc12)Nc1ccccc1. The molecule has 4 heteroatoms. The van der Waals surface area contributed by atoms with Gasteiger partial charge in [0.15, 0.2) is 0 Å². The zero-order chi connectivity index (χ0) is 16.8. The Labute approximate surface area is 141 Å². The Balaban J connectivity index is 1.55. The number of hydrogen-bond donors (Lipinski definition) is 3. The van der Waals surface area contributed by atoms with Crippen LogP contribution in [0.25, 0.3) is 10.8 Å². The molecule has 0 aromatic heterocycles. The van der Waals surface area contributed by atoms with Crippen molar-refractivity contribution < 1.29 is 9.90 Å². The summed E-state index contributed by atoms with van der Waals surface area (Å²) in [5.74, 6) is 0. The Hall–Kier alpha value is -2.85. The molecule has 0 fully saturated rings. The van der Waals surface area contributed by atoms with E-state index in [1.54, 1.807) is 0 Å². The third-order valence-electron chi connectivity index (χ3n) is 3.92. The normalized spacial score (nSPS) is 11.9. The zero-order valence-electron chi connectivity index (χ0n) is 13.3. The molecule has 3 N–H and O–H groups in total. The van der Waals surface area contributed by atoms with Gasteiger partial charge in [-0.05, 0) is 34.9 Å². The number of benzene rings is 3. The van der Waals surface area contributed by atoms with Gasteiger partial charge in [-0.25, -0.2) is 4.79 Å². The number of anilines is 1. The van der Waals surface area contributed by atoms with Crippen molar-refractivity contribution in [1.29, 1.82) is 0 Å². The molecule has 0 aliphatic carbocycles. The number of urea groups is 1. The summed E-state index contributed by atoms with van der Waals surface area (Å²) < 4.78 is 0. The second-order valence-corrected chi connectivity index (χ2v) is 5.62. The number of carbonyl (C=O) groups is 1. The summed E-state index contributed by atoms with van der Waals surface area (Å²) in [7, 11) is 0. The van der Waals surface area contributed by atoms with Crippen LogP contribution in [-0.2, 0) is 0 Å². The first-order valence-electron chi connectivity index (χ1n) is 7.99. The largest absolute Gasteiger partial charge is 0.388 e. The van der Waals surface area contributed by atoms with Crippen LogP contribution in [0.15, 0.2) is 72.8 Å². The lowest BCUT2D eigenvalue weighted by atomic mass is 9.99. The minimum atomic E-state index is -0.617. The van der Waals surface area contributed by atoms with Gasteiger partial charge in [-0.1, -0.05) is 60.7 Å². The van der Waals surface area contributed by atoms with Gasteiger partial charge < -0.3 is 15.7 Å². The molecule has 0 saturated carbocycles. The summed E-state index contributed by atoms with van der Waals surface area (Å²) in [5, 5.41) is 18.1. The van der Waals surface area contributed by atoms with Gasteiger partial charge in [-0.3, -0.25) is 0 Å². The van der Waals surface area contributed by atoms with Crippen molar-refractivity contribution in [3.8, 4) is 0 Å². The minimum Gasteiger partial charge on any atom is -0.388 e. The molecule has 0 unspecified atom stereocenters. The van der Waals surface area contributed by atoms with Crippen LogP contribution in [0, 0.1) is 0 Å². The standard InChI is InChI=1S/C20H20N2O2/c23-19(18-12-6-8-15-7-4-5-11-17(15)18)13-14-21-20(24)22-16-9-2-1-3-10-16/h1-12,19,23H,13-14H2,(H2,21,22,24)/t19-/m0/s1. The number of carbonyl (C=O) groups excluding carboxylic acids is 1. The van der Waals surface area contributed by atoms with Crippen molar-refractivity contribution >= 4 is 22.5 Å². The van der Waals surface area contributed by atoms with Gasteiger partial charge in [0.2, 0.25) is 0 Å². The summed E-state index contributed by atoms with van der Waals surface area (Å²) in [6.45, 7) is 0.392. The molecular weight excluding hydrogens is 300 g/mol. The fraction of sp³-hybridized carbons (Fsp3) is 0.150. The number of aliphatic hydroxyl groups excluding tert-OH is 1. The van der Waals surface area contributed by atoms with Crippen LogP contribution in [0.4, 0.5) is 10.5 Å². The molecule has 122 valence electrons. The summed E-state index contributed by atoms with van der Waals surface area (Å²) in [4.78, 5) is 11.8. The number of nitrogens with one attached hydrogen (secondary N) is 2. The van der Waals surface area contributed by atoms with Crippen LogP contribution in [0.3, 0.4) is 0 Å². The minimum absolute atomic E-state index is 0.272. The number of rotatable bonds is 5. The topological polar surface area (TPSA) is 61.4 Å². The van der Waals surface area contributed by atoms with Crippen LogP contribution in [0.5, 0.6) is 0 Å². The van der Waals surface area contributed by atoms with Crippen LogP contribution in [0.2, 0.25) is 0 Å². The second-order valence-electron chi connectivity index (χ2n) is 5.62. The molecule has 0 radical (unpaired) electrons. The molecule has 3 aromatic rings. The van der Waals surface area contributed by atoms with Gasteiger partial charge in [0.25, 0.3) is 0 Å². The van der Waals surface area contributed by atoms with Crippen molar-refractivity contribution in [2.45, 2.75) is 12.5 Å². The van der Waals surface area contributed by atoms with Crippen molar-refractivity contribution in [3.05, 3.63) is 78.4 Å². The van der Waals surface area contributed by atoms with E-state index in [0.29, 0.717) is 13.0 Å². The van der Waals surface area contributed by atoms with E-state index in [2.05, 4.69) is 10.6 Å². The molecule has 0 heterocycles. The maximum atomic E-state index is 11.8. The van der Waals surface area contributed by atoms with E-state index in [1.165, 1.54) is 0 Å². The van der Waals surface area contributed by atoms with Gasteiger partial charge >= 0.3 is 6.03 Å². The van der Waals surface area contributed by atoms with Crippen molar-refractivity contribution in [2.24, 2.45) is 0 Å². The molecule has 0 saturated heterocycles. The van der Waals surface area contributed by atoms with Gasteiger partial charge in [0.1, 0.15) is 0 Å². The Morgan fingerprint density at radius 2 is 1.62 bits per heavy atom. The van der Waals surface area contributed by atoms with Crippen LogP contribution in [0.1, 0.15) is 18.1 Å². The van der Waals surface area contributed by atoms with Gasteiger partial charge in [-0.15, -0.1) is 0 Å². The molecule has 2 amide bonds. The fourth-order valence-electron chi connectivity index (χ4n) is 2.72. The molecule has 3 aromatic carbocycles. The zero-order valence-corrected chi connectivity index (χ0v) is 13.3. The quantitative estimate of drug-likeness (QED) is 0.663. The Kier molecular flexibility index (Phi) is 5.08. The molecule has 4 nitrogen and oxygen atoms in total. The summed E-state index contributed by atoms with van der Waals surface area (Å²) >= 11 is 0. The van der Waals surface area contributed by atoms with Crippen LogP contribution < -0.4 is 10.6 Å². The average Bonchev–Trinajstić information content (AvgIpc) is 2.62. The molecule has 0 spiro atoms. The second kappa shape index (κ2) is 7.62. The van der Waals surface area contributed by atoms with E-state index in [4.69, 9.17) is 0 Å². The van der Waals surface area contributed by atoms with Gasteiger partial charge in [-0.2, -0.15) is 0 Å². The van der Waals surface area contributed by atoms with Gasteiger partial charge in [0, 0.05) is 12.2 Å². The third kappa shape index (κ3) is 3.91. The number of aliphatic hydroxyl groups is 1. The highest BCUT2D eigenvalue weighted by Crippen LogP contribution is 2.25. The summed E-state index contributed by atoms with van der Waals surface area (Å²) in [5.41, 5.74) is 1.63.